The summed E-state index contributed by atoms with van der Waals surface area (Å²) >= 11 is 2.07. The summed E-state index contributed by atoms with van der Waals surface area (Å²) in [6, 6.07) is 6.87. The van der Waals surface area contributed by atoms with Crippen LogP contribution in [0.15, 0.2) is 18.2 Å². The van der Waals surface area contributed by atoms with Gasteiger partial charge in [0.05, 0.1) is 0 Å². The molecule has 0 spiro atoms. The number of aryl methyl sites for hydroxylation is 2. The largest absolute Gasteiger partial charge is 0.316 e. The van der Waals surface area contributed by atoms with E-state index in [0.29, 0.717) is 0 Å². The predicted molar refractivity (Wildman–Crippen MR) is 73.1 cm³/mol. The quantitative estimate of drug-likeness (QED) is 0.787. The van der Waals surface area contributed by atoms with E-state index < -0.39 is 0 Å². The van der Waals surface area contributed by atoms with Crippen LogP contribution in [0.25, 0.3) is 0 Å². The summed E-state index contributed by atoms with van der Waals surface area (Å²) in [7, 11) is 0. The number of benzene rings is 1. The Morgan fingerprint density at radius 2 is 1.88 bits per heavy atom. The molecule has 1 aromatic carbocycles. The molecule has 0 radical (unpaired) electrons. The van der Waals surface area contributed by atoms with Gasteiger partial charge in [0.25, 0.3) is 0 Å². The minimum absolute atomic E-state index is 0.951. The topological polar surface area (TPSA) is 12.0 Å². The maximum atomic E-state index is 3.33. The Hall–Kier alpha value is -0.470. The number of thioether (sulfide) groups is 1. The molecular weight excluding hydrogens is 214 g/mol. The van der Waals surface area contributed by atoms with Crippen molar-refractivity contribution in [3.8, 4) is 0 Å². The van der Waals surface area contributed by atoms with Crippen molar-refractivity contribution in [2.45, 2.75) is 26.0 Å². The molecule has 1 heterocycles. The second-order valence-electron chi connectivity index (χ2n) is 4.86. The summed E-state index contributed by atoms with van der Waals surface area (Å²) in [5.74, 6) is 3.42. The van der Waals surface area contributed by atoms with Gasteiger partial charge in [-0.2, -0.15) is 11.8 Å². The van der Waals surface area contributed by atoms with E-state index in [0.717, 1.165) is 5.92 Å². The predicted octanol–water partition coefficient (Wildman–Crippen LogP) is 3.15. The summed E-state index contributed by atoms with van der Waals surface area (Å²) in [5.41, 5.74) is 4.26. The molecule has 1 aliphatic rings. The van der Waals surface area contributed by atoms with Crippen LogP contribution in [-0.2, 0) is 5.75 Å². The van der Waals surface area contributed by atoms with Gasteiger partial charge in [-0.05, 0) is 50.6 Å². The second-order valence-corrected chi connectivity index (χ2v) is 5.97. The molecule has 0 amide bonds. The lowest BCUT2D eigenvalue weighted by molar-refractivity contribution is 0.341. The highest BCUT2D eigenvalue weighted by Crippen LogP contribution is 2.19. The van der Waals surface area contributed by atoms with Crippen molar-refractivity contribution in [2.75, 3.05) is 18.8 Å². The van der Waals surface area contributed by atoms with Gasteiger partial charge in [0, 0.05) is 5.75 Å². The van der Waals surface area contributed by atoms with E-state index in [4.69, 9.17) is 0 Å². The molecule has 1 aromatic rings. The van der Waals surface area contributed by atoms with E-state index in [1.54, 1.807) is 0 Å². The third-order valence-electron chi connectivity index (χ3n) is 3.09. The minimum Gasteiger partial charge on any atom is -0.316 e. The van der Waals surface area contributed by atoms with E-state index in [9.17, 15) is 0 Å². The fourth-order valence-corrected chi connectivity index (χ4v) is 3.19. The molecule has 1 N–H and O–H groups in total. The van der Waals surface area contributed by atoms with Crippen LogP contribution in [0, 0.1) is 19.8 Å². The second kappa shape index (κ2) is 5.74. The molecule has 0 saturated carbocycles. The van der Waals surface area contributed by atoms with Crippen molar-refractivity contribution in [2.24, 2.45) is 5.92 Å². The van der Waals surface area contributed by atoms with Gasteiger partial charge >= 0.3 is 0 Å². The van der Waals surface area contributed by atoms with E-state index in [2.05, 4.69) is 49.1 Å². The third-order valence-corrected chi connectivity index (χ3v) is 4.15. The van der Waals surface area contributed by atoms with Crippen molar-refractivity contribution < 1.29 is 0 Å². The van der Waals surface area contributed by atoms with Crippen LogP contribution in [0.4, 0.5) is 0 Å². The molecule has 1 saturated heterocycles. The summed E-state index contributed by atoms with van der Waals surface area (Å²) in [5, 5.41) is 3.33. The normalized spacial score (nSPS) is 16.1. The number of rotatable bonds is 5. The van der Waals surface area contributed by atoms with E-state index in [1.165, 1.54) is 47.7 Å². The van der Waals surface area contributed by atoms with Crippen molar-refractivity contribution in [3.05, 3.63) is 34.9 Å². The third kappa shape index (κ3) is 3.53. The van der Waals surface area contributed by atoms with Gasteiger partial charge in [-0.15, -0.1) is 0 Å². The van der Waals surface area contributed by atoms with Crippen molar-refractivity contribution in [1.29, 1.82) is 0 Å². The molecule has 0 unspecified atom stereocenters. The summed E-state index contributed by atoms with van der Waals surface area (Å²) in [6.45, 7) is 6.84. The van der Waals surface area contributed by atoms with Gasteiger partial charge in [0.15, 0.2) is 0 Å². The molecule has 1 nitrogen and oxygen atoms in total. The minimum atomic E-state index is 0.951. The fraction of sp³-hybridized carbons (Fsp3) is 0.571. The SMILES string of the molecule is Cc1cc(C)cc(CSCCC2CNC2)c1. The van der Waals surface area contributed by atoms with E-state index in [1.807, 2.05) is 0 Å². The first kappa shape index (κ1) is 12.0. The fourth-order valence-electron chi connectivity index (χ4n) is 2.14. The van der Waals surface area contributed by atoms with Gasteiger partial charge < -0.3 is 5.32 Å². The van der Waals surface area contributed by atoms with Gasteiger partial charge in [0.2, 0.25) is 0 Å². The molecule has 2 rings (SSSR count). The summed E-state index contributed by atoms with van der Waals surface area (Å²) < 4.78 is 0. The monoisotopic (exact) mass is 235 g/mol. The molecule has 16 heavy (non-hydrogen) atoms. The van der Waals surface area contributed by atoms with Crippen LogP contribution in [0.1, 0.15) is 23.1 Å². The standard InChI is InChI=1S/C14H21NS/c1-11-5-12(2)7-14(6-11)10-16-4-3-13-8-15-9-13/h5-7,13,15H,3-4,8-10H2,1-2H3. The zero-order valence-corrected chi connectivity index (χ0v) is 11.1. The molecule has 1 aliphatic heterocycles. The Balaban J connectivity index is 1.71. The molecular formula is C14H21NS. The maximum absolute atomic E-state index is 3.33. The zero-order valence-electron chi connectivity index (χ0n) is 10.3. The lowest BCUT2D eigenvalue weighted by Crippen LogP contribution is -2.42. The summed E-state index contributed by atoms with van der Waals surface area (Å²) in [4.78, 5) is 0. The molecule has 1 fully saturated rings. The molecule has 0 atom stereocenters. The van der Waals surface area contributed by atoms with Crippen molar-refractivity contribution in [1.82, 2.24) is 5.32 Å². The highest BCUT2D eigenvalue weighted by atomic mass is 32.2. The van der Waals surface area contributed by atoms with Gasteiger partial charge in [0.1, 0.15) is 0 Å². The maximum Gasteiger partial charge on any atom is 0.0184 e. The van der Waals surface area contributed by atoms with Gasteiger partial charge in [-0.1, -0.05) is 29.3 Å². The van der Waals surface area contributed by atoms with Crippen molar-refractivity contribution in [3.63, 3.8) is 0 Å². The smallest absolute Gasteiger partial charge is 0.0184 e. The Labute approximate surface area is 103 Å². The first-order valence-corrected chi connectivity index (χ1v) is 7.25. The zero-order chi connectivity index (χ0) is 11.4. The van der Waals surface area contributed by atoms with Crippen LogP contribution in [0.5, 0.6) is 0 Å². The molecule has 0 aromatic heterocycles. The average Bonchev–Trinajstić information content (AvgIpc) is 2.13. The van der Waals surface area contributed by atoms with Crippen LogP contribution in [0.2, 0.25) is 0 Å². The van der Waals surface area contributed by atoms with Crippen molar-refractivity contribution >= 4 is 11.8 Å². The lowest BCUT2D eigenvalue weighted by Gasteiger charge is -2.26. The number of hydrogen-bond acceptors (Lipinski definition) is 2. The van der Waals surface area contributed by atoms with E-state index >= 15 is 0 Å². The van der Waals surface area contributed by atoms with Gasteiger partial charge in [-0.25, -0.2) is 0 Å². The van der Waals surface area contributed by atoms with Crippen LogP contribution in [0.3, 0.4) is 0 Å². The van der Waals surface area contributed by atoms with Gasteiger partial charge in [-0.3, -0.25) is 0 Å². The lowest BCUT2D eigenvalue weighted by atomic mass is 10.0. The number of hydrogen-bond donors (Lipinski definition) is 1. The number of nitrogens with one attached hydrogen (secondary N) is 1. The first-order chi connectivity index (χ1) is 7.74. The molecule has 0 bridgehead atoms. The Morgan fingerprint density at radius 3 is 2.44 bits per heavy atom. The molecule has 88 valence electrons. The first-order valence-electron chi connectivity index (χ1n) is 6.09. The average molecular weight is 235 g/mol. The van der Waals surface area contributed by atoms with Crippen LogP contribution >= 0.6 is 11.8 Å². The van der Waals surface area contributed by atoms with E-state index in [-0.39, 0.29) is 0 Å². The molecule has 2 heteroatoms. The highest BCUT2D eigenvalue weighted by molar-refractivity contribution is 7.98. The van der Waals surface area contributed by atoms with Crippen LogP contribution in [-0.4, -0.2) is 18.8 Å². The Bertz CT molecular complexity index is 324. The molecule has 0 aliphatic carbocycles. The van der Waals surface area contributed by atoms with Crippen LogP contribution < -0.4 is 5.32 Å². The highest BCUT2D eigenvalue weighted by Gasteiger charge is 2.15. The Kier molecular flexibility index (Phi) is 4.30. The Morgan fingerprint density at radius 1 is 1.19 bits per heavy atom. The summed E-state index contributed by atoms with van der Waals surface area (Å²) in [6.07, 6.45) is 1.38.